The van der Waals surface area contributed by atoms with Gasteiger partial charge in [0.25, 0.3) is 0 Å². The van der Waals surface area contributed by atoms with Crippen molar-refractivity contribution in [3.05, 3.63) is 24.2 Å². The summed E-state index contributed by atoms with van der Waals surface area (Å²) in [5.74, 6) is 0.0110. The van der Waals surface area contributed by atoms with Gasteiger partial charge in [0.15, 0.2) is 0 Å². The summed E-state index contributed by atoms with van der Waals surface area (Å²) in [4.78, 5) is -0.0622. The van der Waals surface area contributed by atoms with Gasteiger partial charge in [0.05, 0.1) is 12.4 Å². The topological polar surface area (TPSA) is 130 Å². The number of nitrogen functional groups attached to an aromatic ring is 1. The van der Waals surface area contributed by atoms with Crippen LogP contribution in [-0.4, -0.2) is 28.8 Å². The van der Waals surface area contributed by atoms with E-state index in [9.17, 15) is 8.42 Å². The zero-order valence-electron chi connectivity index (χ0n) is 9.01. The van der Waals surface area contributed by atoms with E-state index < -0.39 is 16.1 Å². The van der Waals surface area contributed by atoms with Crippen molar-refractivity contribution in [3.8, 4) is 0 Å². The molecule has 5 N–H and O–H groups in total. The third-order valence-electron chi connectivity index (χ3n) is 2.27. The molecular weight excluding hydrogens is 244 g/mol. The number of anilines is 1. The van der Waals surface area contributed by atoms with E-state index in [0.717, 1.165) is 5.56 Å². The highest BCUT2D eigenvalue weighted by Gasteiger charge is 2.22. The number of aromatic amines is 2. The molecule has 0 aliphatic rings. The predicted octanol–water partition coefficient (Wildman–Crippen LogP) is -0.246. The first-order valence-corrected chi connectivity index (χ1v) is 6.29. The first kappa shape index (κ1) is 11.6. The van der Waals surface area contributed by atoms with E-state index >= 15 is 0 Å². The van der Waals surface area contributed by atoms with Crippen LogP contribution in [0.25, 0.3) is 0 Å². The fraction of sp³-hybridized carbons (Fsp3) is 0.250. The zero-order valence-corrected chi connectivity index (χ0v) is 9.82. The van der Waals surface area contributed by atoms with Crippen LogP contribution in [0, 0.1) is 0 Å². The second kappa shape index (κ2) is 4.18. The first-order chi connectivity index (χ1) is 8.00. The van der Waals surface area contributed by atoms with Gasteiger partial charge in [-0.3, -0.25) is 10.2 Å². The molecule has 0 radical (unpaired) electrons. The quantitative estimate of drug-likeness (QED) is 0.599. The summed E-state index contributed by atoms with van der Waals surface area (Å²) in [7, 11) is -3.68. The fourth-order valence-corrected chi connectivity index (χ4v) is 2.62. The molecule has 1 unspecified atom stereocenters. The Balaban J connectivity index is 2.22. The van der Waals surface area contributed by atoms with Crippen molar-refractivity contribution in [3.63, 3.8) is 0 Å². The minimum absolute atomic E-state index is 0.0110. The summed E-state index contributed by atoms with van der Waals surface area (Å²) in [6.07, 6.45) is 4.33. The molecule has 17 heavy (non-hydrogen) atoms. The molecule has 8 nitrogen and oxygen atoms in total. The summed E-state index contributed by atoms with van der Waals surface area (Å²) < 4.78 is 26.4. The summed E-state index contributed by atoms with van der Waals surface area (Å²) in [6, 6.07) is -0.409. The lowest BCUT2D eigenvalue weighted by atomic mass is 10.2. The number of nitrogens with zero attached hydrogens (tertiary/aromatic N) is 2. The van der Waals surface area contributed by atoms with Crippen LogP contribution in [0.5, 0.6) is 0 Å². The van der Waals surface area contributed by atoms with Gasteiger partial charge in [0.2, 0.25) is 10.0 Å². The van der Waals surface area contributed by atoms with Gasteiger partial charge in [-0.25, -0.2) is 13.1 Å². The van der Waals surface area contributed by atoms with Crippen LogP contribution in [0.4, 0.5) is 5.82 Å². The molecule has 2 rings (SSSR count). The second-order valence-corrected chi connectivity index (χ2v) is 5.20. The number of sulfonamides is 1. The molecular formula is C8H12N6O2S. The van der Waals surface area contributed by atoms with Crippen molar-refractivity contribution in [1.82, 2.24) is 25.1 Å². The Morgan fingerprint density at radius 1 is 1.41 bits per heavy atom. The van der Waals surface area contributed by atoms with Crippen LogP contribution in [0.1, 0.15) is 18.5 Å². The van der Waals surface area contributed by atoms with Crippen molar-refractivity contribution in [2.45, 2.75) is 17.9 Å². The molecule has 1 atom stereocenters. The molecule has 2 aromatic heterocycles. The normalized spacial score (nSPS) is 13.7. The Morgan fingerprint density at radius 2 is 2.18 bits per heavy atom. The minimum atomic E-state index is -3.68. The van der Waals surface area contributed by atoms with Crippen LogP contribution < -0.4 is 10.5 Å². The maximum absolute atomic E-state index is 11.9. The number of rotatable bonds is 4. The SMILES string of the molecule is CC(NS(=O)(=O)c1cn[nH]c1N)c1cn[nH]c1. The van der Waals surface area contributed by atoms with Gasteiger partial charge in [-0.1, -0.05) is 0 Å². The lowest BCUT2D eigenvalue weighted by Crippen LogP contribution is -2.27. The van der Waals surface area contributed by atoms with Crippen molar-refractivity contribution < 1.29 is 8.42 Å². The molecule has 0 amide bonds. The molecule has 0 aliphatic heterocycles. The van der Waals surface area contributed by atoms with E-state index in [4.69, 9.17) is 5.73 Å². The van der Waals surface area contributed by atoms with Crippen molar-refractivity contribution in [2.75, 3.05) is 5.73 Å². The Morgan fingerprint density at radius 3 is 2.71 bits per heavy atom. The van der Waals surface area contributed by atoms with E-state index in [1.807, 2.05) is 0 Å². The molecule has 9 heteroatoms. The summed E-state index contributed by atoms with van der Waals surface area (Å²) in [5, 5.41) is 12.3. The van der Waals surface area contributed by atoms with Gasteiger partial charge in [-0.05, 0) is 6.92 Å². The number of hydrogen-bond acceptors (Lipinski definition) is 5. The van der Waals surface area contributed by atoms with Crippen molar-refractivity contribution >= 4 is 15.8 Å². The number of H-pyrrole nitrogens is 2. The summed E-state index contributed by atoms with van der Waals surface area (Å²) in [6.45, 7) is 1.71. The standard InChI is InChI=1S/C8H12N6O2S/c1-5(6-2-10-11-3-6)14-17(15,16)7-4-12-13-8(7)9/h2-5,14H,1H3,(H,10,11)(H3,9,12,13). The van der Waals surface area contributed by atoms with Crippen molar-refractivity contribution in [1.29, 1.82) is 0 Å². The van der Waals surface area contributed by atoms with Gasteiger partial charge in [-0.2, -0.15) is 10.2 Å². The lowest BCUT2D eigenvalue weighted by Gasteiger charge is -2.11. The molecule has 0 saturated heterocycles. The van der Waals surface area contributed by atoms with E-state index in [0.29, 0.717) is 0 Å². The number of nitrogens with two attached hydrogens (primary N) is 1. The van der Waals surface area contributed by atoms with Crippen LogP contribution in [0.3, 0.4) is 0 Å². The van der Waals surface area contributed by atoms with E-state index in [1.54, 1.807) is 19.3 Å². The Hall–Kier alpha value is -1.87. The molecule has 0 fully saturated rings. The molecule has 2 heterocycles. The van der Waals surface area contributed by atoms with Gasteiger partial charge < -0.3 is 5.73 Å². The lowest BCUT2D eigenvalue weighted by molar-refractivity contribution is 0.567. The van der Waals surface area contributed by atoms with Gasteiger partial charge >= 0.3 is 0 Å². The van der Waals surface area contributed by atoms with Crippen LogP contribution in [-0.2, 0) is 10.0 Å². The first-order valence-electron chi connectivity index (χ1n) is 4.80. The zero-order chi connectivity index (χ0) is 12.5. The molecule has 0 aromatic carbocycles. The average molecular weight is 256 g/mol. The molecule has 0 bridgehead atoms. The minimum Gasteiger partial charge on any atom is -0.383 e. The largest absolute Gasteiger partial charge is 0.383 e. The monoisotopic (exact) mass is 256 g/mol. The number of hydrogen-bond donors (Lipinski definition) is 4. The van der Waals surface area contributed by atoms with E-state index in [1.165, 1.54) is 6.20 Å². The predicted molar refractivity (Wildman–Crippen MR) is 60.3 cm³/mol. The maximum Gasteiger partial charge on any atom is 0.246 e. The Kier molecular flexibility index (Phi) is 2.86. The summed E-state index contributed by atoms with van der Waals surface area (Å²) in [5.41, 5.74) is 6.20. The van der Waals surface area contributed by atoms with Crippen LogP contribution >= 0.6 is 0 Å². The van der Waals surface area contributed by atoms with Gasteiger partial charge in [0, 0.05) is 17.8 Å². The van der Waals surface area contributed by atoms with Crippen molar-refractivity contribution in [2.24, 2.45) is 0 Å². The average Bonchev–Trinajstić information content (AvgIpc) is 2.85. The highest BCUT2D eigenvalue weighted by Crippen LogP contribution is 2.18. The third kappa shape index (κ3) is 2.29. The fourth-order valence-electron chi connectivity index (χ4n) is 1.36. The third-order valence-corrected chi connectivity index (χ3v) is 3.84. The van der Waals surface area contributed by atoms with Gasteiger partial charge in [0.1, 0.15) is 10.7 Å². The van der Waals surface area contributed by atoms with E-state index in [-0.39, 0.29) is 10.7 Å². The summed E-state index contributed by atoms with van der Waals surface area (Å²) >= 11 is 0. The molecule has 2 aromatic rings. The molecule has 0 aliphatic carbocycles. The smallest absolute Gasteiger partial charge is 0.246 e. The Bertz CT molecular complexity index is 587. The highest BCUT2D eigenvalue weighted by atomic mass is 32.2. The molecule has 0 saturated carbocycles. The molecule has 92 valence electrons. The number of aromatic nitrogens is 4. The second-order valence-electron chi connectivity index (χ2n) is 3.52. The van der Waals surface area contributed by atoms with Crippen LogP contribution in [0.15, 0.2) is 23.5 Å². The number of nitrogens with one attached hydrogen (secondary N) is 3. The molecule has 0 spiro atoms. The Labute approximate surface area is 97.7 Å². The van der Waals surface area contributed by atoms with Crippen LogP contribution in [0.2, 0.25) is 0 Å². The highest BCUT2D eigenvalue weighted by molar-refractivity contribution is 7.89. The van der Waals surface area contributed by atoms with Gasteiger partial charge in [-0.15, -0.1) is 0 Å². The van der Waals surface area contributed by atoms with E-state index in [2.05, 4.69) is 25.1 Å². The maximum atomic E-state index is 11.9.